The van der Waals surface area contributed by atoms with Crippen LogP contribution < -0.4 is 4.74 Å². The van der Waals surface area contributed by atoms with Crippen molar-refractivity contribution in [1.82, 2.24) is 0 Å². The highest BCUT2D eigenvalue weighted by Crippen LogP contribution is 2.32. The van der Waals surface area contributed by atoms with Crippen LogP contribution in [0.15, 0.2) is 48.5 Å². The van der Waals surface area contributed by atoms with Crippen molar-refractivity contribution in [2.24, 2.45) is 0 Å². The summed E-state index contributed by atoms with van der Waals surface area (Å²) >= 11 is 0. The third-order valence-electron chi connectivity index (χ3n) is 3.78. The molecule has 1 atom stereocenters. The molecule has 0 N–H and O–H groups in total. The van der Waals surface area contributed by atoms with Gasteiger partial charge in [-0.1, -0.05) is 42.5 Å². The van der Waals surface area contributed by atoms with Gasteiger partial charge in [0.05, 0.1) is 12.2 Å². The summed E-state index contributed by atoms with van der Waals surface area (Å²) in [5.41, 5.74) is 2.58. The summed E-state index contributed by atoms with van der Waals surface area (Å²) in [4.78, 5) is 12.8. The van der Waals surface area contributed by atoms with E-state index in [9.17, 15) is 4.79 Å². The average Bonchev–Trinajstić information content (AvgIpc) is 2.56. The van der Waals surface area contributed by atoms with Gasteiger partial charge >= 0.3 is 0 Å². The Morgan fingerprint density at radius 3 is 2.71 bits per heavy atom. The summed E-state index contributed by atoms with van der Waals surface area (Å²) in [5.74, 6) is 0.675. The molecule has 1 unspecified atom stereocenters. The van der Waals surface area contributed by atoms with Crippen molar-refractivity contribution < 1.29 is 14.3 Å². The Labute approximate surface area is 124 Å². The van der Waals surface area contributed by atoms with Gasteiger partial charge in [0.15, 0.2) is 5.78 Å². The highest BCUT2D eigenvalue weighted by atomic mass is 16.5. The van der Waals surface area contributed by atoms with Crippen LogP contribution >= 0.6 is 0 Å². The van der Waals surface area contributed by atoms with E-state index in [-0.39, 0.29) is 5.78 Å². The Balaban J connectivity index is 1.98. The van der Waals surface area contributed by atoms with Crippen LogP contribution in [0.25, 0.3) is 0 Å². The summed E-state index contributed by atoms with van der Waals surface area (Å²) in [5, 5.41) is 0. The number of carbonyl (C=O) groups excluding carboxylic acids is 1. The molecular formula is C18H18O3. The zero-order valence-corrected chi connectivity index (χ0v) is 12.0. The van der Waals surface area contributed by atoms with Crippen molar-refractivity contribution in [3.05, 3.63) is 65.2 Å². The molecule has 2 aromatic rings. The number of benzene rings is 2. The largest absolute Gasteiger partial charge is 0.493 e. The molecule has 0 amide bonds. The standard InChI is InChI=1S/C18H18O3/c1-20-18(14-7-3-2-4-8-14)16(19)15-11-5-9-13-10-6-12-21-17(13)15/h2-5,7-9,11,18H,6,10,12H2,1H3. The smallest absolute Gasteiger partial charge is 0.199 e. The number of rotatable bonds is 4. The molecule has 0 saturated heterocycles. The summed E-state index contributed by atoms with van der Waals surface area (Å²) in [7, 11) is 1.56. The highest BCUT2D eigenvalue weighted by molar-refractivity contribution is 6.02. The molecule has 0 radical (unpaired) electrons. The quantitative estimate of drug-likeness (QED) is 0.804. The van der Waals surface area contributed by atoms with Gasteiger partial charge in [0, 0.05) is 7.11 Å². The Morgan fingerprint density at radius 2 is 1.95 bits per heavy atom. The third kappa shape index (κ3) is 2.69. The van der Waals surface area contributed by atoms with Crippen molar-refractivity contribution in [1.29, 1.82) is 0 Å². The molecule has 3 heteroatoms. The van der Waals surface area contributed by atoms with E-state index in [1.54, 1.807) is 7.11 Å². The van der Waals surface area contributed by atoms with E-state index in [1.807, 2.05) is 48.5 Å². The van der Waals surface area contributed by atoms with E-state index in [0.717, 1.165) is 29.7 Å². The van der Waals surface area contributed by atoms with Crippen LogP contribution in [0, 0.1) is 0 Å². The Hall–Kier alpha value is -2.13. The lowest BCUT2D eigenvalue weighted by Gasteiger charge is -2.22. The van der Waals surface area contributed by atoms with Gasteiger partial charge in [-0.05, 0) is 30.0 Å². The normalized spacial score (nSPS) is 14.9. The number of ether oxygens (including phenoxy) is 2. The summed E-state index contributed by atoms with van der Waals surface area (Å²) < 4.78 is 11.2. The van der Waals surface area contributed by atoms with Crippen LogP contribution in [-0.2, 0) is 11.2 Å². The van der Waals surface area contributed by atoms with Crippen LogP contribution in [0.2, 0.25) is 0 Å². The molecule has 0 bridgehead atoms. The molecular weight excluding hydrogens is 264 g/mol. The average molecular weight is 282 g/mol. The minimum atomic E-state index is -0.594. The number of methoxy groups -OCH3 is 1. The molecule has 3 rings (SSSR count). The maximum atomic E-state index is 12.8. The molecule has 1 aliphatic rings. The number of aryl methyl sites for hydroxylation is 1. The summed E-state index contributed by atoms with van der Waals surface area (Å²) in [6.07, 6.45) is 1.36. The Kier molecular flexibility index (Phi) is 4.02. The maximum absolute atomic E-state index is 12.8. The fraction of sp³-hybridized carbons (Fsp3) is 0.278. The molecule has 0 aliphatic carbocycles. The fourth-order valence-corrected chi connectivity index (χ4v) is 2.75. The number of Topliss-reactive ketones (excluding diaryl/α,β-unsaturated/α-hetero) is 1. The van der Waals surface area contributed by atoms with Gasteiger partial charge in [0.2, 0.25) is 0 Å². The lowest BCUT2D eigenvalue weighted by molar-refractivity contribution is 0.0599. The van der Waals surface area contributed by atoms with Crippen molar-refractivity contribution in [2.45, 2.75) is 18.9 Å². The first-order valence-electron chi connectivity index (χ1n) is 7.18. The molecule has 0 fully saturated rings. The van der Waals surface area contributed by atoms with E-state index >= 15 is 0 Å². The summed E-state index contributed by atoms with van der Waals surface area (Å²) in [6, 6.07) is 15.3. The van der Waals surface area contributed by atoms with Gasteiger partial charge in [-0.25, -0.2) is 0 Å². The zero-order chi connectivity index (χ0) is 14.7. The number of ketones is 1. The second-order valence-electron chi connectivity index (χ2n) is 5.14. The molecule has 0 saturated carbocycles. The van der Waals surface area contributed by atoms with Crippen LogP contribution in [0.3, 0.4) is 0 Å². The minimum Gasteiger partial charge on any atom is -0.493 e. The minimum absolute atomic E-state index is 0.0533. The lowest BCUT2D eigenvalue weighted by Crippen LogP contribution is -2.18. The van der Waals surface area contributed by atoms with Crippen molar-refractivity contribution in [3.63, 3.8) is 0 Å². The lowest BCUT2D eigenvalue weighted by atomic mass is 9.95. The number of para-hydroxylation sites is 1. The van der Waals surface area contributed by atoms with E-state index in [2.05, 4.69) is 0 Å². The number of fused-ring (bicyclic) bond motifs is 1. The number of hydrogen-bond acceptors (Lipinski definition) is 3. The molecule has 108 valence electrons. The monoisotopic (exact) mass is 282 g/mol. The van der Waals surface area contributed by atoms with Crippen LogP contribution in [0.5, 0.6) is 5.75 Å². The van der Waals surface area contributed by atoms with E-state index in [0.29, 0.717) is 12.2 Å². The van der Waals surface area contributed by atoms with E-state index in [1.165, 1.54) is 0 Å². The first kappa shape index (κ1) is 13.8. The number of carbonyl (C=O) groups is 1. The second kappa shape index (κ2) is 6.10. The Bertz CT molecular complexity index is 634. The molecule has 1 aliphatic heterocycles. The summed E-state index contributed by atoms with van der Waals surface area (Å²) in [6.45, 7) is 0.667. The maximum Gasteiger partial charge on any atom is 0.199 e. The Morgan fingerprint density at radius 1 is 1.14 bits per heavy atom. The first-order valence-corrected chi connectivity index (χ1v) is 7.18. The van der Waals surface area contributed by atoms with Crippen LogP contribution in [0.1, 0.15) is 34.0 Å². The molecule has 21 heavy (non-hydrogen) atoms. The van der Waals surface area contributed by atoms with Gasteiger partial charge in [-0.15, -0.1) is 0 Å². The first-order chi connectivity index (χ1) is 10.3. The predicted molar refractivity (Wildman–Crippen MR) is 80.8 cm³/mol. The van der Waals surface area contributed by atoms with E-state index < -0.39 is 6.10 Å². The fourth-order valence-electron chi connectivity index (χ4n) is 2.75. The van der Waals surface area contributed by atoms with Crippen LogP contribution in [-0.4, -0.2) is 19.5 Å². The van der Waals surface area contributed by atoms with Crippen molar-refractivity contribution in [2.75, 3.05) is 13.7 Å². The van der Waals surface area contributed by atoms with Gasteiger partial charge in [0.1, 0.15) is 11.9 Å². The van der Waals surface area contributed by atoms with Gasteiger partial charge in [-0.2, -0.15) is 0 Å². The SMILES string of the molecule is COC(C(=O)c1cccc2c1OCCC2)c1ccccc1. The topological polar surface area (TPSA) is 35.5 Å². The number of hydrogen-bond donors (Lipinski definition) is 0. The molecule has 3 nitrogen and oxygen atoms in total. The van der Waals surface area contributed by atoms with Crippen LogP contribution in [0.4, 0.5) is 0 Å². The molecule has 0 spiro atoms. The predicted octanol–water partition coefficient (Wildman–Crippen LogP) is 3.58. The molecule has 2 aromatic carbocycles. The molecule has 0 aromatic heterocycles. The highest BCUT2D eigenvalue weighted by Gasteiger charge is 2.26. The van der Waals surface area contributed by atoms with Gasteiger partial charge in [0.25, 0.3) is 0 Å². The van der Waals surface area contributed by atoms with Crippen molar-refractivity contribution in [3.8, 4) is 5.75 Å². The van der Waals surface area contributed by atoms with Gasteiger partial charge in [-0.3, -0.25) is 4.79 Å². The van der Waals surface area contributed by atoms with Crippen molar-refractivity contribution >= 4 is 5.78 Å². The van der Waals surface area contributed by atoms with Gasteiger partial charge < -0.3 is 9.47 Å². The zero-order valence-electron chi connectivity index (χ0n) is 12.0. The third-order valence-corrected chi connectivity index (χ3v) is 3.78. The van der Waals surface area contributed by atoms with E-state index in [4.69, 9.17) is 9.47 Å². The second-order valence-corrected chi connectivity index (χ2v) is 5.14. The molecule has 1 heterocycles.